The van der Waals surface area contributed by atoms with Crippen molar-refractivity contribution in [2.45, 2.75) is 6.04 Å². The fraction of sp³-hybridized carbons (Fsp3) is 0.200. The van der Waals surface area contributed by atoms with Crippen LogP contribution in [0.2, 0.25) is 5.02 Å². The van der Waals surface area contributed by atoms with E-state index < -0.39 is 24.6 Å². The van der Waals surface area contributed by atoms with Crippen LogP contribution >= 0.6 is 11.6 Å². The first-order valence-electron chi connectivity index (χ1n) is 4.69. The minimum Gasteiger partial charge on any atom is -0.480 e. The third-order valence-electron chi connectivity index (χ3n) is 1.87. The fourth-order valence-electron chi connectivity index (χ4n) is 1.08. The van der Waals surface area contributed by atoms with Crippen LogP contribution in [0.25, 0.3) is 0 Å². The van der Waals surface area contributed by atoms with Gasteiger partial charge in [0.05, 0.1) is 6.61 Å². The maximum atomic E-state index is 11.4. The standard InChI is InChI=1S/C10H11ClN2O4/c11-6-2-1-3-7(4-6)12-10(17)13-8(5-14)9(15)16/h1-4,8,14H,5H2,(H,15,16)(H2,12,13,17). The number of rotatable bonds is 4. The number of aliphatic carboxylic acids is 1. The molecule has 0 aliphatic carbocycles. The van der Waals surface area contributed by atoms with E-state index in [4.69, 9.17) is 21.8 Å². The molecule has 0 aromatic heterocycles. The number of aliphatic hydroxyl groups excluding tert-OH is 1. The summed E-state index contributed by atoms with van der Waals surface area (Å²) in [6.07, 6.45) is 0. The predicted molar refractivity (Wildman–Crippen MR) is 62.1 cm³/mol. The highest BCUT2D eigenvalue weighted by Crippen LogP contribution is 2.14. The molecule has 1 unspecified atom stereocenters. The number of carboxylic acid groups (broad SMARTS) is 1. The molecule has 17 heavy (non-hydrogen) atoms. The molecule has 1 aromatic carbocycles. The zero-order chi connectivity index (χ0) is 12.8. The number of amides is 2. The van der Waals surface area contributed by atoms with Crippen LogP contribution in [-0.2, 0) is 4.79 Å². The number of carbonyl (C=O) groups excluding carboxylic acids is 1. The van der Waals surface area contributed by atoms with E-state index in [-0.39, 0.29) is 0 Å². The molecule has 0 spiro atoms. The average Bonchev–Trinajstić information content (AvgIpc) is 2.25. The largest absolute Gasteiger partial charge is 0.480 e. The van der Waals surface area contributed by atoms with Gasteiger partial charge in [0.25, 0.3) is 0 Å². The molecule has 7 heteroatoms. The number of hydrogen-bond acceptors (Lipinski definition) is 3. The summed E-state index contributed by atoms with van der Waals surface area (Å²) in [5.74, 6) is -1.31. The van der Waals surface area contributed by atoms with Crippen LogP contribution in [-0.4, -0.2) is 34.9 Å². The quantitative estimate of drug-likeness (QED) is 0.645. The molecule has 0 saturated heterocycles. The summed E-state index contributed by atoms with van der Waals surface area (Å²) in [5, 5.41) is 22.2. The topological polar surface area (TPSA) is 98.7 Å². The van der Waals surface area contributed by atoms with Crippen LogP contribution in [0.4, 0.5) is 10.5 Å². The Bertz CT molecular complexity index is 425. The smallest absolute Gasteiger partial charge is 0.328 e. The second-order valence-corrected chi connectivity index (χ2v) is 3.62. The number of nitrogens with one attached hydrogen (secondary N) is 2. The zero-order valence-corrected chi connectivity index (χ0v) is 9.44. The van der Waals surface area contributed by atoms with E-state index in [1.165, 1.54) is 6.07 Å². The van der Waals surface area contributed by atoms with E-state index in [1.54, 1.807) is 18.2 Å². The lowest BCUT2D eigenvalue weighted by molar-refractivity contribution is -0.140. The Morgan fingerprint density at radius 2 is 2.12 bits per heavy atom. The second kappa shape index (κ2) is 6.07. The molecule has 4 N–H and O–H groups in total. The molecule has 92 valence electrons. The Hall–Kier alpha value is -1.79. The van der Waals surface area contributed by atoms with Gasteiger partial charge in [-0.05, 0) is 18.2 Å². The Morgan fingerprint density at radius 3 is 2.65 bits per heavy atom. The molecule has 1 atom stereocenters. The maximum absolute atomic E-state index is 11.4. The molecule has 0 fully saturated rings. The maximum Gasteiger partial charge on any atom is 0.328 e. The van der Waals surface area contributed by atoms with E-state index in [2.05, 4.69) is 10.6 Å². The molecule has 0 heterocycles. The van der Waals surface area contributed by atoms with Crippen molar-refractivity contribution in [1.29, 1.82) is 0 Å². The Morgan fingerprint density at radius 1 is 1.41 bits per heavy atom. The normalized spacial score (nSPS) is 11.6. The summed E-state index contributed by atoms with van der Waals surface area (Å²) >= 11 is 5.71. The summed E-state index contributed by atoms with van der Waals surface area (Å²) in [7, 11) is 0. The van der Waals surface area contributed by atoms with Crippen molar-refractivity contribution in [3.63, 3.8) is 0 Å². The summed E-state index contributed by atoms with van der Waals surface area (Å²) < 4.78 is 0. The number of anilines is 1. The SMILES string of the molecule is O=C(Nc1cccc(Cl)c1)NC(CO)C(=O)O. The lowest BCUT2D eigenvalue weighted by Gasteiger charge is -2.12. The first kappa shape index (κ1) is 13.3. The van der Waals surface area contributed by atoms with Crippen molar-refractivity contribution < 1.29 is 19.8 Å². The molecular weight excluding hydrogens is 248 g/mol. The van der Waals surface area contributed by atoms with E-state index in [0.29, 0.717) is 10.7 Å². The van der Waals surface area contributed by atoms with Gasteiger partial charge < -0.3 is 20.8 Å². The summed E-state index contributed by atoms with van der Waals surface area (Å²) in [5.41, 5.74) is 0.428. The van der Waals surface area contributed by atoms with Crippen molar-refractivity contribution in [2.75, 3.05) is 11.9 Å². The van der Waals surface area contributed by atoms with Gasteiger partial charge in [0.1, 0.15) is 0 Å². The van der Waals surface area contributed by atoms with Gasteiger partial charge in [-0.15, -0.1) is 0 Å². The van der Waals surface area contributed by atoms with Crippen LogP contribution in [0.5, 0.6) is 0 Å². The van der Waals surface area contributed by atoms with Crippen LogP contribution in [0, 0.1) is 0 Å². The van der Waals surface area contributed by atoms with Gasteiger partial charge in [0, 0.05) is 10.7 Å². The third-order valence-corrected chi connectivity index (χ3v) is 2.10. The Kier molecular flexibility index (Phi) is 4.74. The highest BCUT2D eigenvalue weighted by molar-refractivity contribution is 6.30. The van der Waals surface area contributed by atoms with Gasteiger partial charge in [-0.3, -0.25) is 0 Å². The van der Waals surface area contributed by atoms with Crippen LogP contribution in [0.1, 0.15) is 0 Å². The summed E-state index contributed by atoms with van der Waals surface area (Å²) in [6.45, 7) is -0.682. The van der Waals surface area contributed by atoms with Crippen molar-refractivity contribution in [3.05, 3.63) is 29.3 Å². The monoisotopic (exact) mass is 258 g/mol. The molecule has 1 aromatic rings. The molecule has 2 amide bonds. The second-order valence-electron chi connectivity index (χ2n) is 3.18. The van der Waals surface area contributed by atoms with Gasteiger partial charge in [0.15, 0.2) is 6.04 Å². The highest BCUT2D eigenvalue weighted by atomic mass is 35.5. The van der Waals surface area contributed by atoms with E-state index in [9.17, 15) is 9.59 Å². The molecule has 0 saturated carbocycles. The molecule has 1 rings (SSSR count). The number of carbonyl (C=O) groups is 2. The number of aliphatic hydroxyl groups is 1. The molecular formula is C10H11ClN2O4. The minimum atomic E-state index is -1.34. The van der Waals surface area contributed by atoms with Gasteiger partial charge in [-0.25, -0.2) is 9.59 Å². The number of halogens is 1. The van der Waals surface area contributed by atoms with Gasteiger partial charge in [0.2, 0.25) is 0 Å². The number of urea groups is 1. The van der Waals surface area contributed by atoms with Crippen molar-refractivity contribution in [2.24, 2.45) is 0 Å². The van der Waals surface area contributed by atoms with Crippen LogP contribution in [0.15, 0.2) is 24.3 Å². The Labute approximate surface area is 102 Å². The van der Waals surface area contributed by atoms with Crippen molar-refractivity contribution in [1.82, 2.24) is 5.32 Å². The van der Waals surface area contributed by atoms with Gasteiger partial charge in [-0.2, -0.15) is 0 Å². The van der Waals surface area contributed by atoms with E-state index in [1.807, 2.05) is 0 Å². The van der Waals surface area contributed by atoms with E-state index in [0.717, 1.165) is 0 Å². The van der Waals surface area contributed by atoms with Crippen LogP contribution < -0.4 is 10.6 Å². The van der Waals surface area contributed by atoms with E-state index >= 15 is 0 Å². The molecule has 0 aliphatic heterocycles. The third kappa shape index (κ3) is 4.29. The highest BCUT2D eigenvalue weighted by Gasteiger charge is 2.18. The van der Waals surface area contributed by atoms with Crippen LogP contribution in [0.3, 0.4) is 0 Å². The van der Waals surface area contributed by atoms with Crippen molar-refractivity contribution >= 4 is 29.3 Å². The van der Waals surface area contributed by atoms with Gasteiger partial charge >= 0.3 is 12.0 Å². The summed E-state index contributed by atoms with van der Waals surface area (Å²) in [4.78, 5) is 21.9. The van der Waals surface area contributed by atoms with Crippen molar-refractivity contribution in [3.8, 4) is 0 Å². The number of hydrogen-bond donors (Lipinski definition) is 4. The molecule has 6 nitrogen and oxygen atoms in total. The first-order chi connectivity index (χ1) is 8.02. The predicted octanol–water partition coefficient (Wildman–Crippen LogP) is 0.907. The Balaban J connectivity index is 2.58. The number of benzene rings is 1. The summed E-state index contributed by atoms with van der Waals surface area (Å²) in [6, 6.07) is 4.32. The fourth-order valence-corrected chi connectivity index (χ4v) is 1.27. The molecule has 0 aliphatic rings. The van der Waals surface area contributed by atoms with Gasteiger partial charge in [-0.1, -0.05) is 17.7 Å². The first-order valence-corrected chi connectivity index (χ1v) is 5.07. The minimum absolute atomic E-state index is 0.428. The lowest BCUT2D eigenvalue weighted by atomic mass is 10.3. The average molecular weight is 259 g/mol. The number of carboxylic acids is 1. The lowest BCUT2D eigenvalue weighted by Crippen LogP contribution is -2.45. The zero-order valence-electron chi connectivity index (χ0n) is 8.68. The molecule has 0 bridgehead atoms. The molecule has 0 radical (unpaired) electrons.